The molecule has 40 heavy (non-hydrogen) atoms. The number of anilines is 4. The molecule has 6 rings (SSSR count). The van der Waals surface area contributed by atoms with Crippen LogP contribution in [0.15, 0.2) is 59.7 Å². The van der Waals surface area contributed by atoms with Crippen LogP contribution in [0.25, 0.3) is 22.2 Å². The minimum atomic E-state index is -0.511. The highest BCUT2D eigenvalue weighted by Gasteiger charge is 2.22. The average molecular weight is 542 g/mol. The molecule has 4 N–H and O–H groups in total. The molecule has 2 fully saturated rings. The van der Waals surface area contributed by atoms with Crippen LogP contribution < -0.4 is 26.4 Å². The predicted octanol–water partition coefficient (Wildman–Crippen LogP) is 4.80. The molecule has 10 heteroatoms. The third-order valence-corrected chi connectivity index (χ3v) is 7.71. The van der Waals surface area contributed by atoms with Gasteiger partial charge >= 0.3 is 0 Å². The highest BCUT2D eigenvalue weighted by atomic mass is 19.1. The average Bonchev–Trinajstić information content (AvgIpc) is 2.98. The third-order valence-electron chi connectivity index (χ3n) is 7.71. The summed E-state index contributed by atoms with van der Waals surface area (Å²) in [4.78, 5) is 39.5. The molecule has 0 bridgehead atoms. The van der Waals surface area contributed by atoms with Gasteiger partial charge in [0.05, 0.1) is 34.2 Å². The first-order valence-corrected chi connectivity index (χ1v) is 13.9. The van der Waals surface area contributed by atoms with Crippen LogP contribution in [0.3, 0.4) is 0 Å². The minimum Gasteiger partial charge on any atom is -0.368 e. The van der Waals surface area contributed by atoms with Gasteiger partial charge in [0.2, 0.25) is 5.91 Å². The molecular weight excluding hydrogens is 509 g/mol. The zero-order chi connectivity index (χ0) is 27.5. The van der Waals surface area contributed by atoms with Crippen molar-refractivity contribution in [3.05, 3.63) is 71.0 Å². The maximum atomic E-state index is 15.4. The number of rotatable bonds is 6. The van der Waals surface area contributed by atoms with Gasteiger partial charge in [0.1, 0.15) is 11.6 Å². The Morgan fingerprint density at radius 2 is 1.85 bits per heavy atom. The number of pyridine rings is 3. The fraction of sp³-hybridized carbons (Fsp3) is 0.333. The minimum absolute atomic E-state index is 0.0232. The van der Waals surface area contributed by atoms with E-state index in [4.69, 9.17) is 0 Å². The lowest BCUT2D eigenvalue weighted by molar-refractivity contribution is -0.120. The Labute approximate surface area is 231 Å². The van der Waals surface area contributed by atoms with E-state index < -0.39 is 5.82 Å². The molecular formula is C30H32FN7O2. The van der Waals surface area contributed by atoms with E-state index in [-0.39, 0.29) is 22.9 Å². The first-order valence-electron chi connectivity index (χ1n) is 13.9. The zero-order valence-electron chi connectivity index (χ0n) is 22.2. The Balaban J connectivity index is 1.28. The summed E-state index contributed by atoms with van der Waals surface area (Å²) >= 11 is 0. The number of piperazine rings is 1. The van der Waals surface area contributed by atoms with Gasteiger partial charge in [-0.15, -0.1) is 0 Å². The molecule has 0 atom stereocenters. The number of benzene rings is 1. The summed E-state index contributed by atoms with van der Waals surface area (Å²) in [6.45, 7) is 3.69. The lowest BCUT2D eigenvalue weighted by Gasteiger charge is -2.29. The zero-order valence-corrected chi connectivity index (χ0v) is 22.2. The maximum Gasteiger partial charge on any atom is 0.259 e. The number of fused-ring (bicyclic) bond motifs is 1. The fourth-order valence-electron chi connectivity index (χ4n) is 5.55. The molecule has 1 saturated heterocycles. The van der Waals surface area contributed by atoms with Gasteiger partial charge in [0, 0.05) is 49.5 Å². The second-order valence-electron chi connectivity index (χ2n) is 10.4. The van der Waals surface area contributed by atoms with Crippen molar-refractivity contribution in [3.8, 4) is 11.3 Å². The second kappa shape index (κ2) is 11.4. The molecule has 0 radical (unpaired) electrons. The number of halogens is 1. The van der Waals surface area contributed by atoms with Crippen molar-refractivity contribution in [1.82, 2.24) is 20.3 Å². The van der Waals surface area contributed by atoms with Crippen LogP contribution >= 0.6 is 0 Å². The third kappa shape index (κ3) is 5.53. The Hall–Kier alpha value is -4.31. The quantitative estimate of drug-likeness (QED) is 0.277. The summed E-state index contributed by atoms with van der Waals surface area (Å²) in [5, 5.41) is 9.81. The highest BCUT2D eigenvalue weighted by Crippen LogP contribution is 2.32. The normalized spacial score (nSPS) is 16.2. The largest absolute Gasteiger partial charge is 0.368 e. The number of hydrogen-bond acceptors (Lipinski definition) is 7. The van der Waals surface area contributed by atoms with Gasteiger partial charge in [0.25, 0.3) is 5.56 Å². The lowest BCUT2D eigenvalue weighted by atomic mass is 9.88. The summed E-state index contributed by atoms with van der Waals surface area (Å²) in [5.74, 6) is -0.0359. The number of amides is 1. The van der Waals surface area contributed by atoms with E-state index in [1.165, 1.54) is 12.3 Å². The number of H-pyrrole nitrogens is 1. The summed E-state index contributed by atoms with van der Waals surface area (Å²) in [6, 6.07) is 11.8. The van der Waals surface area contributed by atoms with E-state index in [2.05, 4.69) is 35.8 Å². The van der Waals surface area contributed by atoms with Gasteiger partial charge in [0.15, 0.2) is 0 Å². The summed E-state index contributed by atoms with van der Waals surface area (Å²) < 4.78 is 15.4. The number of nitrogens with one attached hydrogen (secondary N) is 4. The summed E-state index contributed by atoms with van der Waals surface area (Å²) in [7, 11) is 0. The van der Waals surface area contributed by atoms with E-state index in [1.807, 2.05) is 18.3 Å². The number of aromatic nitrogens is 3. The second-order valence-corrected chi connectivity index (χ2v) is 10.4. The van der Waals surface area contributed by atoms with E-state index in [1.54, 1.807) is 24.3 Å². The van der Waals surface area contributed by atoms with Crippen LogP contribution in [-0.4, -0.2) is 47.0 Å². The SMILES string of the molecule is O=C(Nc1ccc(-c2cc(Nc3ccc(N4CCNCC4)cn3)c3c(=O)[nH]ccc3n2)c(F)c1)C1CCCCC1. The van der Waals surface area contributed by atoms with Crippen molar-refractivity contribution in [3.63, 3.8) is 0 Å². The summed E-state index contributed by atoms with van der Waals surface area (Å²) in [5.41, 5.74) is 2.67. The molecule has 0 unspecified atom stereocenters. The number of carbonyl (C=O) groups excluding carboxylic acids is 1. The number of aromatic amines is 1. The Morgan fingerprint density at radius 1 is 1.02 bits per heavy atom. The molecule has 3 aromatic heterocycles. The molecule has 206 valence electrons. The van der Waals surface area contributed by atoms with E-state index in [0.717, 1.165) is 64.0 Å². The molecule has 9 nitrogen and oxygen atoms in total. The molecule has 1 aliphatic carbocycles. The predicted molar refractivity (Wildman–Crippen MR) is 156 cm³/mol. The first-order chi connectivity index (χ1) is 19.5. The van der Waals surface area contributed by atoms with Crippen molar-refractivity contribution in [2.75, 3.05) is 41.7 Å². The van der Waals surface area contributed by atoms with Crippen molar-refractivity contribution < 1.29 is 9.18 Å². The van der Waals surface area contributed by atoms with Gasteiger partial charge in [-0.05, 0) is 55.3 Å². The molecule has 0 spiro atoms. The van der Waals surface area contributed by atoms with E-state index in [0.29, 0.717) is 33.8 Å². The monoisotopic (exact) mass is 541 g/mol. The van der Waals surface area contributed by atoms with Crippen molar-refractivity contribution in [2.45, 2.75) is 32.1 Å². The van der Waals surface area contributed by atoms with Crippen LogP contribution in [0.2, 0.25) is 0 Å². The number of carbonyl (C=O) groups is 1. The molecule has 4 heterocycles. The standard InChI is InChI=1S/C30H32FN7O2/c31-23-16-20(35-29(39)19-4-2-1-3-5-19)6-8-22(23)25-17-26(28-24(36-25)10-11-33-30(28)40)37-27-9-7-21(18-34-27)38-14-12-32-13-15-38/h6-11,16-19,32H,1-5,12-15H2,(H,33,40)(H,35,39)(H,34,36,37). The molecule has 1 saturated carbocycles. The number of hydrogen-bond donors (Lipinski definition) is 4. The Bertz CT molecular complexity index is 1580. The van der Waals surface area contributed by atoms with Gasteiger partial charge in [-0.25, -0.2) is 14.4 Å². The summed E-state index contributed by atoms with van der Waals surface area (Å²) in [6.07, 6.45) is 8.33. The van der Waals surface area contributed by atoms with Crippen LogP contribution in [0.4, 0.5) is 27.3 Å². The molecule has 1 amide bonds. The molecule has 2 aliphatic rings. The van der Waals surface area contributed by atoms with Crippen LogP contribution in [0.5, 0.6) is 0 Å². The van der Waals surface area contributed by atoms with Gasteiger partial charge < -0.3 is 25.8 Å². The number of nitrogens with zero attached hydrogens (tertiary/aromatic N) is 3. The van der Waals surface area contributed by atoms with Crippen LogP contribution in [-0.2, 0) is 4.79 Å². The molecule has 1 aliphatic heterocycles. The lowest BCUT2D eigenvalue weighted by Crippen LogP contribution is -2.43. The van der Waals surface area contributed by atoms with Crippen LogP contribution in [0.1, 0.15) is 32.1 Å². The Kier molecular flexibility index (Phi) is 7.41. The topological polar surface area (TPSA) is 115 Å². The Morgan fingerprint density at radius 3 is 2.60 bits per heavy atom. The van der Waals surface area contributed by atoms with E-state index in [9.17, 15) is 9.59 Å². The van der Waals surface area contributed by atoms with E-state index >= 15 is 4.39 Å². The van der Waals surface area contributed by atoms with Gasteiger partial charge in [-0.1, -0.05) is 19.3 Å². The smallest absolute Gasteiger partial charge is 0.259 e. The van der Waals surface area contributed by atoms with Gasteiger partial charge in [-0.2, -0.15) is 0 Å². The van der Waals surface area contributed by atoms with Crippen molar-refractivity contribution in [1.29, 1.82) is 0 Å². The van der Waals surface area contributed by atoms with Crippen molar-refractivity contribution in [2.24, 2.45) is 5.92 Å². The molecule has 4 aromatic rings. The highest BCUT2D eigenvalue weighted by molar-refractivity contribution is 5.95. The first kappa shape index (κ1) is 25.9. The fourth-order valence-corrected chi connectivity index (χ4v) is 5.55. The maximum absolute atomic E-state index is 15.4. The van der Waals surface area contributed by atoms with Crippen molar-refractivity contribution >= 4 is 39.7 Å². The van der Waals surface area contributed by atoms with Gasteiger partial charge in [-0.3, -0.25) is 9.59 Å². The molecule has 1 aromatic carbocycles. The van der Waals surface area contributed by atoms with Crippen LogP contribution in [0, 0.1) is 11.7 Å².